The molecule has 1 aliphatic heterocycles. The standard InChI is InChI=1S/C26H29N3O5S2/c1-2-3-17-27-35(31,32)24-11-6-9-21(19-24)26(30)28-22-13-15-23(16-14-22)36(33,34)29-18-7-10-20-8-4-5-12-25(20)29/h4-6,8-9,11-16,19,27H,2-3,7,10,17-18H2,1H3,(H,28,30). The van der Waals surface area contributed by atoms with Gasteiger partial charge in [-0.3, -0.25) is 9.10 Å². The molecule has 2 N–H and O–H groups in total. The van der Waals surface area contributed by atoms with Gasteiger partial charge in [0.1, 0.15) is 0 Å². The molecule has 190 valence electrons. The molecule has 0 fully saturated rings. The molecule has 8 nitrogen and oxygen atoms in total. The van der Waals surface area contributed by atoms with Gasteiger partial charge in [0.15, 0.2) is 0 Å². The van der Waals surface area contributed by atoms with Crippen LogP contribution >= 0.6 is 0 Å². The number of carbonyl (C=O) groups excluding carboxylic acids is 1. The van der Waals surface area contributed by atoms with Gasteiger partial charge < -0.3 is 5.32 Å². The Kier molecular flexibility index (Phi) is 7.77. The highest BCUT2D eigenvalue weighted by Crippen LogP contribution is 2.32. The van der Waals surface area contributed by atoms with Crippen molar-refractivity contribution in [3.8, 4) is 0 Å². The number of unbranched alkanes of at least 4 members (excludes halogenated alkanes) is 1. The van der Waals surface area contributed by atoms with Gasteiger partial charge in [0.05, 0.1) is 15.5 Å². The number of hydrogen-bond donors (Lipinski definition) is 2. The van der Waals surface area contributed by atoms with Gasteiger partial charge in [-0.25, -0.2) is 21.6 Å². The predicted molar refractivity (Wildman–Crippen MR) is 140 cm³/mol. The third-order valence-electron chi connectivity index (χ3n) is 6.00. The molecule has 0 aromatic heterocycles. The molecule has 4 rings (SSSR count). The Morgan fingerprint density at radius 3 is 2.42 bits per heavy atom. The molecule has 0 saturated heterocycles. The fourth-order valence-corrected chi connectivity index (χ4v) is 6.72. The van der Waals surface area contributed by atoms with Crippen LogP contribution in [0.1, 0.15) is 42.1 Å². The van der Waals surface area contributed by atoms with Gasteiger partial charge in [-0.15, -0.1) is 0 Å². The predicted octanol–water partition coefficient (Wildman–Crippen LogP) is 4.16. The van der Waals surface area contributed by atoms with Gasteiger partial charge in [-0.1, -0.05) is 37.6 Å². The topological polar surface area (TPSA) is 113 Å². The van der Waals surface area contributed by atoms with E-state index in [4.69, 9.17) is 0 Å². The third kappa shape index (κ3) is 5.61. The number of nitrogens with one attached hydrogen (secondary N) is 2. The van der Waals surface area contributed by atoms with Gasteiger partial charge in [0.25, 0.3) is 15.9 Å². The molecule has 0 unspecified atom stereocenters. The highest BCUT2D eigenvalue weighted by molar-refractivity contribution is 7.92. The Balaban J connectivity index is 1.48. The molecule has 1 heterocycles. The first-order chi connectivity index (χ1) is 17.2. The van der Waals surface area contributed by atoms with E-state index < -0.39 is 26.0 Å². The Hall–Kier alpha value is -3.21. The van der Waals surface area contributed by atoms with Gasteiger partial charge in [0.2, 0.25) is 10.0 Å². The second kappa shape index (κ2) is 10.8. The van der Waals surface area contributed by atoms with E-state index in [-0.39, 0.29) is 15.4 Å². The van der Waals surface area contributed by atoms with Gasteiger partial charge in [-0.2, -0.15) is 0 Å². The minimum absolute atomic E-state index is 0.00880. The summed E-state index contributed by atoms with van der Waals surface area (Å²) in [5.41, 5.74) is 2.27. The average Bonchev–Trinajstić information content (AvgIpc) is 2.89. The lowest BCUT2D eigenvalue weighted by molar-refractivity contribution is 0.102. The number of carbonyl (C=O) groups is 1. The van der Waals surface area contributed by atoms with Gasteiger partial charge in [-0.05, 0) is 73.4 Å². The molecule has 1 amide bonds. The molecule has 0 radical (unpaired) electrons. The lowest BCUT2D eigenvalue weighted by Crippen LogP contribution is -2.35. The number of fused-ring (bicyclic) bond motifs is 1. The van der Waals surface area contributed by atoms with E-state index in [9.17, 15) is 21.6 Å². The zero-order valence-corrected chi connectivity index (χ0v) is 21.6. The lowest BCUT2D eigenvalue weighted by Gasteiger charge is -2.30. The molecule has 0 atom stereocenters. The van der Waals surface area contributed by atoms with E-state index in [1.165, 1.54) is 52.8 Å². The highest BCUT2D eigenvalue weighted by atomic mass is 32.2. The maximum absolute atomic E-state index is 13.3. The molecule has 3 aromatic rings. The summed E-state index contributed by atoms with van der Waals surface area (Å²) in [5, 5.41) is 2.70. The smallest absolute Gasteiger partial charge is 0.264 e. The highest BCUT2D eigenvalue weighted by Gasteiger charge is 2.28. The lowest BCUT2D eigenvalue weighted by atomic mass is 10.0. The summed E-state index contributed by atoms with van der Waals surface area (Å²) >= 11 is 0. The molecule has 10 heteroatoms. The van der Waals surface area contributed by atoms with Crippen LogP contribution in [0.25, 0.3) is 0 Å². The number of benzene rings is 3. The maximum atomic E-state index is 13.3. The molecule has 0 aliphatic carbocycles. The van der Waals surface area contributed by atoms with Crippen molar-refractivity contribution in [2.45, 2.75) is 42.4 Å². The number of aryl methyl sites for hydroxylation is 1. The first-order valence-electron chi connectivity index (χ1n) is 11.8. The van der Waals surface area contributed by atoms with Gasteiger partial charge in [0, 0.05) is 24.3 Å². The van der Waals surface area contributed by atoms with Crippen LogP contribution in [0.2, 0.25) is 0 Å². The molecule has 0 saturated carbocycles. The van der Waals surface area contributed by atoms with E-state index >= 15 is 0 Å². The van der Waals surface area contributed by atoms with Gasteiger partial charge >= 0.3 is 0 Å². The quantitative estimate of drug-likeness (QED) is 0.406. The Labute approximate surface area is 212 Å². The summed E-state index contributed by atoms with van der Waals surface area (Å²) in [5.74, 6) is -0.499. The minimum Gasteiger partial charge on any atom is -0.322 e. The third-order valence-corrected chi connectivity index (χ3v) is 9.28. The number of amides is 1. The first kappa shape index (κ1) is 25.9. The monoisotopic (exact) mass is 527 g/mol. The molecule has 0 spiro atoms. The van der Waals surface area contributed by atoms with Crippen molar-refractivity contribution in [2.75, 3.05) is 22.7 Å². The summed E-state index contributed by atoms with van der Waals surface area (Å²) in [6, 6.07) is 19.2. The van der Waals surface area contributed by atoms with Crippen LogP contribution in [-0.2, 0) is 26.5 Å². The molecule has 3 aromatic carbocycles. The van der Waals surface area contributed by atoms with Crippen molar-refractivity contribution >= 4 is 37.3 Å². The number of para-hydroxylation sites is 1. The second-order valence-electron chi connectivity index (χ2n) is 8.57. The fourth-order valence-electron chi connectivity index (χ4n) is 4.06. The Bertz CT molecular complexity index is 1450. The summed E-state index contributed by atoms with van der Waals surface area (Å²) in [6.07, 6.45) is 3.16. The van der Waals surface area contributed by atoms with E-state index in [2.05, 4.69) is 10.0 Å². The van der Waals surface area contributed by atoms with Crippen LogP contribution in [0.5, 0.6) is 0 Å². The zero-order valence-electron chi connectivity index (χ0n) is 20.0. The van der Waals surface area contributed by atoms with Crippen LogP contribution in [0, 0.1) is 0 Å². The molecule has 36 heavy (non-hydrogen) atoms. The number of anilines is 2. The van der Waals surface area contributed by atoms with Crippen molar-refractivity contribution in [2.24, 2.45) is 0 Å². The van der Waals surface area contributed by atoms with Crippen LogP contribution < -0.4 is 14.3 Å². The molecular weight excluding hydrogens is 498 g/mol. The van der Waals surface area contributed by atoms with Crippen LogP contribution in [0.15, 0.2) is 82.6 Å². The first-order valence-corrected chi connectivity index (χ1v) is 14.8. The number of hydrogen-bond acceptors (Lipinski definition) is 5. The second-order valence-corrected chi connectivity index (χ2v) is 12.2. The van der Waals surface area contributed by atoms with Crippen molar-refractivity contribution in [3.63, 3.8) is 0 Å². The number of rotatable bonds is 9. The van der Waals surface area contributed by atoms with E-state index in [1.54, 1.807) is 0 Å². The van der Waals surface area contributed by atoms with Crippen molar-refractivity contribution in [1.29, 1.82) is 0 Å². The number of sulfonamides is 2. The largest absolute Gasteiger partial charge is 0.322 e. The number of nitrogens with zero attached hydrogens (tertiary/aromatic N) is 1. The minimum atomic E-state index is -3.76. The van der Waals surface area contributed by atoms with E-state index in [1.807, 2.05) is 31.2 Å². The average molecular weight is 528 g/mol. The molecule has 1 aliphatic rings. The van der Waals surface area contributed by atoms with E-state index in [0.717, 1.165) is 31.2 Å². The van der Waals surface area contributed by atoms with Crippen LogP contribution in [0.4, 0.5) is 11.4 Å². The van der Waals surface area contributed by atoms with Crippen molar-refractivity contribution in [1.82, 2.24) is 4.72 Å². The Morgan fingerprint density at radius 2 is 1.67 bits per heavy atom. The summed E-state index contributed by atoms with van der Waals surface area (Å²) in [7, 11) is -7.47. The maximum Gasteiger partial charge on any atom is 0.264 e. The summed E-state index contributed by atoms with van der Waals surface area (Å²) < 4.78 is 55.5. The fraction of sp³-hybridized carbons (Fsp3) is 0.269. The summed E-state index contributed by atoms with van der Waals surface area (Å²) in [4.78, 5) is 12.9. The van der Waals surface area contributed by atoms with Crippen LogP contribution in [-0.4, -0.2) is 35.8 Å². The van der Waals surface area contributed by atoms with E-state index in [0.29, 0.717) is 24.5 Å². The SMILES string of the molecule is CCCCNS(=O)(=O)c1cccc(C(=O)Nc2ccc(S(=O)(=O)N3CCCc4ccccc43)cc2)c1. The normalized spacial score (nSPS) is 13.8. The van der Waals surface area contributed by atoms with Crippen molar-refractivity contribution in [3.05, 3.63) is 83.9 Å². The van der Waals surface area contributed by atoms with Crippen molar-refractivity contribution < 1.29 is 21.6 Å². The summed E-state index contributed by atoms with van der Waals surface area (Å²) in [6.45, 7) is 2.70. The molecular formula is C26H29N3O5S2. The molecule has 0 bridgehead atoms. The zero-order chi connectivity index (χ0) is 25.8. The Morgan fingerprint density at radius 1 is 0.917 bits per heavy atom. The van der Waals surface area contributed by atoms with Crippen LogP contribution in [0.3, 0.4) is 0 Å².